The van der Waals surface area contributed by atoms with E-state index in [0.29, 0.717) is 0 Å². The normalized spacial score (nSPS) is 10.0. The molecule has 0 spiro atoms. The summed E-state index contributed by atoms with van der Waals surface area (Å²) < 4.78 is 0. The molecule has 0 saturated heterocycles. The van der Waals surface area contributed by atoms with Crippen LogP contribution in [0.2, 0.25) is 0 Å². The van der Waals surface area contributed by atoms with Gasteiger partial charge >= 0.3 is 17.4 Å². The molecule has 6 heteroatoms. The molecule has 6 heavy (non-hydrogen) atoms. The van der Waals surface area contributed by atoms with Crippen LogP contribution in [0.4, 0.5) is 0 Å². The first kappa shape index (κ1) is 9.77. The molecule has 0 rings (SSSR count). The minimum atomic E-state index is -5.61. The van der Waals surface area contributed by atoms with E-state index >= 15 is 0 Å². The molecule has 0 fully saturated rings. The molecule has 0 aliphatic rings. The molecule has 0 aromatic rings. The predicted octanol–water partition coefficient (Wildman–Crippen LogP) is -5.52. The molecule has 0 saturated carbocycles. The summed E-state index contributed by atoms with van der Waals surface area (Å²) in [5.74, 6) is 0. The summed E-state index contributed by atoms with van der Waals surface area (Å²) in [4.78, 5) is 34.3. The number of hydrogen-bond acceptors (Lipinski definition) is 4. The summed E-state index contributed by atoms with van der Waals surface area (Å²) in [7, 11) is -5.61. The second-order valence-corrected chi connectivity index (χ2v) is 1.50. The van der Waals surface area contributed by atoms with Crippen molar-refractivity contribution in [2.24, 2.45) is 0 Å². The van der Waals surface area contributed by atoms with Crippen molar-refractivity contribution < 1.29 is 19.2 Å². The van der Waals surface area contributed by atoms with Crippen LogP contribution in [0.5, 0.6) is 0 Å². The Morgan fingerprint density at radius 1 is 0.833 bits per heavy atom. The molecule has 0 N–H and O–H groups in total. The van der Waals surface area contributed by atoms with Gasteiger partial charge in [-0.05, 0) is 0 Å². The van der Waals surface area contributed by atoms with Gasteiger partial charge in [0.15, 0.2) is 0 Å². The standard InChI is InChI=1S/Al.O4Si/c;1-5(2,3)4/q+3;-4. The minimum Gasteiger partial charge on any atom is -0.894 e. The van der Waals surface area contributed by atoms with E-state index in [0.717, 1.165) is 0 Å². The van der Waals surface area contributed by atoms with Crippen molar-refractivity contribution >= 4 is 26.4 Å². The van der Waals surface area contributed by atoms with Crippen molar-refractivity contribution in [2.75, 3.05) is 0 Å². The van der Waals surface area contributed by atoms with Crippen LogP contribution >= 0.6 is 0 Å². The largest absolute Gasteiger partial charge is 3.00 e. The van der Waals surface area contributed by atoms with Gasteiger partial charge in [-0.25, -0.2) is 0 Å². The maximum absolute atomic E-state index is 8.58. The Labute approximate surface area is 46.3 Å². The molecule has 0 atom stereocenters. The zero-order chi connectivity index (χ0) is 4.50. The quantitative estimate of drug-likeness (QED) is 0.297. The van der Waals surface area contributed by atoms with Gasteiger partial charge in [0.05, 0.1) is 0 Å². The first-order valence-electron chi connectivity index (χ1n) is 0.816. The Morgan fingerprint density at radius 2 is 0.833 bits per heavy atom. The van der Waals surface area contributed by atoms with Crippen LogP contribution in [-0.2, 0) is 0 Å². The SMILES string of the molecule is [Al+3].[O-][Si]([O-])([O-])[O-]. The molecular formula is AlO4Si-. The van der Waals surface area contributed by atoms with Gasteiger partial charge in [-0.15, -0.1) is 0 Å². The number of rotatable bonds is 0. The first-order chi connectivity index (χ1) is 2.00. The van der Waals surface area contributed by atoms with E-state index in [1.807, 2.05) is 0 Å². The van der Waals surface area contributed by atoms with Gasteiger partial charge in [-0.2, -0.15) is 0 Å². The molecule has 0 heterocycles. The monoisotopic (exact) mass is 119 g/mol. The molecule has 4 nitrogen and oxygen atoms in total. The van der Waals surface area contributed by atoms with E-state index in [1.54, 1.807) is 0 Å². The van der Waals surface area contributed by atoms with Gasteiger partial charge in [0, 0.05) is 0 Å². The molecule has 0 aliphatic carbocycles. The van der Waals surface area contributed by atoms with Crippen LogP contribution in [0.1, 0.15) is 0 Å². The summed E-state index contributed by atoms with van der Waals surface area (Å²) in [6, 6.07) is 0. The fraction of sp³-hybridized carbons (Fsp3) is 0. The van der Waals surface area contributed by atoms with Crippen molar-refractivity contribution in [3.05, 3.63) is 0 Å². The number of hydrogen-bond donors (Lipinski definition) is 0. The zero-order valence-electron chi connectivity index (χ0n) is 2.71. The van der Waals surface area contributed by atoms with Crippen molar-refractivity contribution in [3.63, 3.8) is 0 Å². The Hall–Kier alpha value is 0.589. The first-order valence-corrected chi connectivity index (χ1v) is 2.45. The Bertz CT molecular complexity index is 23.0. The van der Waals surface area contributed by atoms with Crippen LogP contribution in [0.15, 0.2) is 0 Å². The molecule has 0 aliphatic heterocycles. The molecule has 32 valence electrons. The summed E-state index contributed by atoms with van der Waals surface area (Å²) in [6.07, 6.45) is 0. The predicted molar refractivity (Wildman–Crippen MR) is 11.5 cm³/mol. The second-order valence-electron chi connectivity index (χ2n) is 0.500. The van der Waals surface area contributed by atoms with Crippen molar-refractivity contribution in [3.8, 4) is 0 Å². The molecule has 0 aromatic carbocycles. The summed E-state index contributed by atoms with van der Waals surface area (Å²) in [5, 5.41) is 0. The maximum Gasteiger partial charge on any atom is 3.00 e. The second kappa shape index (κ2) is 2.71. The Kier molecular flexibility index (Phi) is 4.42. The van der Waals surface area contributed by atoms with E-state index in [9.17, 15) is 0 Å². The molecule has 0 aromatic heterocycles. The van der Waals surface area contributed by atoms with Gasteiger partial charge in [0.2, 0.25) is 0 Å². The van der Waals surface area contributed by atoms with Crippen LogP contribution in [0.3, 0.4) is 0 Å². The van der Waals surface area contributed by atoms with Gasteiger partial charge in [0.1, 0.15) is 0 Å². The average molecular weight is 119 g/mol. The van der Waals surface area contributed by atoms with Crippen molar-refractivity contribution in [2.45, 2.75) is 0 Å². The topological polar surface area (TPSA) is 92.2 Å². The minimum absolute atomic E-state index is 0. The van der Waals surface area contributed by atoms with Crippen LogP contribution in [-0.4, -0.2) is 26.4 Å². The smallest absolute Gasteiger partial charge is 0.894 e. The summed E-state index contributed by atoms with van der Waals surface area (Å²) in [6.45, 7) is 0. The zero-order valence-corrected chi connectivity index (χ0v) is 4.87. The Balaban J connectivity index is 0. The average Bonchev–Trinajstić information content (AvgIpc) is 0.722. The maximum atomic E-state index is 8.58. The van der Waals surface area contributed by atoms with E-state index in [2.05, 4.69) is 0 Å². The van der Waals surface area contributed by atoms with Crippen LogP contribution in [0.25, 0.3) is 0 Å². The van der Waals surface area contributed by atoms with Crippen LogP contribution in [0, 0.1) is 0 Å². The van der Waals surface area contributed by atoms with Gasteiger partial charge in [-0.3, -0.25) is 0 Å². The van der Waals surface area contributed by atoms with Gasteiger partial charge in [0.25, 0.3) is 0 Å². The van der Waals surface area contributed by atoms with E-state index in [1.165, 1.54) is 0 Å². The van der Waals surface area contributed by atoms with E-state index in [-0.39, 0.29) is 17.4 Å². The summed E-state index contributed by atoms with van der Waals surface area (Å²) >= 11 is 0. The van der Waals surface area contributed by atoms with Crippen LogP contribution < -0.4 is 19.2 Å². The van der Waals surface area contributed by atoms with Crippen molar-refractivity contribution in [1.29, 1.82) is 0 Å². The van der Waals surface area contributed by atoms with E-state index in [4.69, 9.17) is 19.2 Å². The summed E-state index contributed by atoms with van der Waals surface area (Å²) in [5.41, 5.74) is 0. The van der Waals surface area contributed by atoms with Gasteiger partial charge in [-0.1, -0.05) is 0 Å². The fourth-order valence-electron chi connectivity index (χ4n) is 0. The third-order valence-electron chi connectivity index (χ3n) is 0. The molecule has 0 radical (unpaired) electrons. The third-order valence-corrected chi connectivity index (χ3v) is 0. The fourth-order valence-corrected chi connectivity index (χ4v) is 0. The molecule has 0 unspecified atom stereocenters. The molecule has 0 amide bonds. The molecule has 0 bridgehead atoms. The van der Waals surface area contributed by atoms with Gasteiger partial charge < -0.3 is 28.2 Å². The Morgan fingerprint density at radius 3 is 0.833 bits per heavy atom. The molecular weight excluding hydrogens is 119 g/mol. The van der Waals surface area contributed by atoms with Crippen molar-refractivity contribution in [1.82, 2.24) is 0 Å². The third kappa shape index (κ3) is 170. The van der Waals surface area contributed by atoms with E-state index < -0.39 is 9.05 Å².